The quantitative estimate of drug-likeness (QED) is 0.430. The van der Waals surface area contributed by atoms with Gasteiger partial charge in [0, 0.05) is 31.9 Å². The Kier molecular flexibility index (Phi) is 5.02. The van der Waals surface area contributed by atoms with Crippen LogP contribution < -0.4 is 4.90 Å². The average molecular weight is 473 g/mol. The number of aromatic nitrogens is 6. The molecule has 172 valence electrons. The van der Waals surface area contributed by atoms with Gasteiger partial charge in [-0.15, -0.1) is 11.3 Å². The molecule has 1 N–H and O–H groups in total. The molecule has 0 radical (unpaired) electrons. The molecule has 1 atom stereocenters. The molecule has 0 unspecified atom stereocenters. The van der Waals surface area contributed by atoms with E-state index in [9.17, 15) is 4.79 Å². The fourth-order valence-electron chi connectivity index (χ4n) is 4.61. The number of benzene rings is 1. The Bertz CT molecular complexity index is 1470. The molecule has 5 aromatic rings. The second kappa shape index (κ2) is 8.21. The van der Waals surface area contributed by atoms with Gasteiger partial charge in [-0.3, -0.25) is 4.79 Å². The van der Waals surface area contributed by atoms with E-state index in [1.807, 2.05) is 52.8 Å². The van der Waals surface area contributed by atoms with Gasteiger partial charge in [0.25, 0.3) is 0 Å². The van der Waals surface area contributed by atoms with Gasteiger partial charge in [-0.05, 0) is 38.1 Å². The first-order valence-corrected chi connectivity index (χ1v) is 12.1. The van der Waals surface area contributed by atoms with Crippen molar-refractivity contribution in [3.63, 3.8) is 0 Å². The van der Waals surface area contributed by atoms with Gasteiger partial charge in [-0.2, -0.15) is 0 Å². The van der Waals surface area contributed by atoms with Crippen molar-refractivity contribution in [2.45, 2.75) is 26.4 Å². The molecule has 1 aromatic carbocycles. The predicted octanol–water partition coefficient (Wildman–Crippen LogP) is 3.48. The predicted molar refractivity (Wildman–Crippen MR) is 133 cm³/mol. The number of carbonyl (C=O) groups is 1. The van der Waals surface area contributed by atoms with Crippen molar-refractivity contribution < 1.29 is 4.79 Å². The van der Waals surface area contributed by atoms with E-state index in [-0.39, 0.29) is 18.5 Å². The minimum Gasteiger partial charge on any atom is -0.358 e. The molecule has 34 heavy (non-hydrogen) atoms. The SMILES string of the molecule is Cc1nc(-c2nc3ccccc3[nH]2)c(N2CCN(C(=O)Cn3cnc4cccnc43)[C@H](C)C2)s1. The van der Waals surface area contributed by atoms with Crippen molar-refractivity contribution in [3.8, 4) is 11.5 Å². The Morgan fingerprint density at radius 1 is 1.12 bits per heavy atom. The van der Waals surface area contributed by atoms with Gasteiger partial charge < -0.3 is 19.4 Å². The van der Waals surface area contributed by atoms with E-state index in [1.165, 1.54) is 0 Å². The van der Waals surface area contributed by atoms with Crippen molar-refractivity contribution in [3.05, 3.63) is 53.9 Å². The van der Waals surface area contributed by atoms with Crippen LogP contribution in [0.4, 0.5) is 5.00 Å². The summed E-state index contributed by atoms with van der Waals surface area (Å²) >= 11 is 1.67. The number of para-hydroxylation sites is 2. The number of fused-ring (bicyclic) bond motifs is 2. The standard InChI is InChI=1S/C24H24N8OS/c1-15-12-30(10-11-32(15)20(33)13-31-14-26-19-8-5-9-25-23(19)31)24-21(27-16(2)34-24)22-28-17-6-3-4-7-18(17)29-22/h3-9,14-15H,10-13H2,1-2H3,(H,28,29)/t15-/m1/s1. The van der Waals surface area contributed by atoms with Gasteiger partial charge in [-0.1, -0.05) is 12.1 Å². The first-order chi connectivity index (χ1) is 16.6. The van der Waals surface area contributed by atoms with E-state index in [1.54, 1.807) is 23.9 Å². The largest absolute Gasteiger partial charge is 0.358 e. The number of aromatic amines is 1. The maximum Gasteiger partial charge on any atom is 0.242 e. The number of piperazine rings is 1. The highest BCUT2D eigenvalue weighted by Gasteiger charge is 2.30. The third kappa shape index (κ3) is 3.60. The number of H-pyrrole nitrogens is 1. The number of amides is 1. The van der Waals surface area contributed by atoms with Gasteiger partial charge in [0.2, 0.25) is 5.91 Å². The lowest BCUT2D eigenvalue weighted by Crippen LogP contribution is -2.54. The number of pyridine rings is 1. The van der Waals surface area contributed by atoms with E-state index < -0.39 is 0 Å². The summed E-state index contributed by atoms with van der Waals surface area (Å²) in [7, 11) is 0. The fourth-order valence-corrected chi connectivity index (χ4v) is 5.56. The number of hydrogen-bond acceptors (Lipinski definition) is 7. The van der Waals surface area contributed by atoms with E-state index in [4.69, 9.17) is 9.97 Å². The first-order valence-electron chi connectivity index (χ1n) is 11.3. The summed E-state index contributed by atoms with van der Waals surface area (Å²) in [5.74, 6) is 0.862. The molecular formula is C24H24N8OS. The Morgan fingerprint density at radius 2 is 1.97 bits per heavy atom. The van der Waals surface area contributed by atoms with Gasteiger partial charge in [-0.25, -0.2) is 19.9 Å². The highest BCUT2D eigenvalue weighted by atomic mass is 32.1. The highest BCUT2D eigenvalue weighted by molar-refractivity contribution is 7.16. The van der Waals surface area contributed by atoms with Crippen LogP contribution in [0.5, 0.6) is 0 Å². The fraction of sp³-hybridized carbons (Fsp3) is 0.292. The normalized spacial score (nSPS) is 16.6. The highest BCUT2D eigenvalue weighted by Crippen LogP contribution is 2.36. The lowest BCUT2D eigenvalue weighted by molar-refractivity contribution is -0.134. The van der Waals surface area contributed by atoms with Gasteiger partial charge in [0.15, 0.2) is 11.5 Å². The second-order valence-corrected chi connectivity index (χ2v) is 9.77. The topological polar surface area (TPSA) is 95.8 Å². The molecule has 1 aliphatic rings. The van der Waals surface area contributed by atoms with Crippen LogP contribution in [-0.2, 0) is 11.3 Å². The zero-order valence-corrected chi connectivity index (χ0v) is 19.8. The third-order valence-electron chi connectivity index (χ3n) is 6.24. The Morgan fingerprint density at radius 3 is 2.82 bits per heavy atom. The van der Waals surface area contributed by atoms with Crippen LogP contribution in [0.3, 0.4) is 0 Å². The van der Waals surface area contributed by atoms with E-state index in [0.29, 0.717) is 6.54 Å². The van der Waals surface area contributed by atoms with Gasteiger partial charge >= 0.3 is 0 Å². The van der Waals surface area contributed by atoms with Crippen LogP contribution in [0, 0.1) is 6.92 Å². The summed E-state index contributed by atoms with van der Waals surface area (Å²) in [5, 5.41) is 2.09. The Labute approximate surface area is 200 Å². The molecule has 0 bridgehead atoms. The van der Waals surface area contributed by atoms with Crippen LogP contribution in [0.2, 0.25) is 0 Å². The minimum atomic E-state index is 0.0647. The van der Waals surface area contributed by atoms with E-state index >= 15 is 0 Å². The first kappa shape index (κ1) is 20.8. The Hall–Kier alpha value is -3.79. The lowest BCUT2D eigenvalue weighted by Gasteiger charge is -2.40. The van der Waals surface area contributed by atoms with Crippen molar-refractivity contribution in [1.82, 2.24) is 34.4 Å². The number of aryl methyl sites for hydroxylation is 1. The molecule has 9 nitrogen and oxygen atoms in total. The van der Waals surface area contributed by atoms with Crippen molar-refractivity contribution in [2.24, 2.45) is 0 Å². The number of nitrogens with one attached hydrogen (secondary N) is 1. The summed E-state index contributed by atoms with van der Waals surface area (Å²) in [6.07, 6.45) is 3.42. The van der Waals surface area contributed by atoms with Gasteiger partial charge in [0.1, 0.15) is 22.8 Å². The van der Waals surface area contributed by atoms with Crippen molar-refractivity contribution >= 4 is 44.4 Å². The molecule has 1 aliphatic heterocycles. The van der Waals surface area contributed by atoms with Crippen LogP contribution in [-0.4, -0.2) is 66.0 Å². The molecular weight excluding hydrogens is 448 g/mol. The summed E-state index contributed by atoms with van der Waals surface area (Å²) in [4.78, 5) is 39.1. The molecule has 0 spiro atoms. The molecule has 5 heterocycles. The lowest BCUT2D eigenvalue weighted by atomic mass is 10.2. The van der Waals surface area contributed by atoms with Gasteiger partial charge in [0.05, 0.1) is 22.4 Å². The number of thiazole rings is 1. The number of imidazole rings is 2. The van der Waals surface area contributed by atoms with E-state index in [0.717, 1.165) is 56.8 Å². The molecule has 0 saturated carbocycles. The molecule has 10 heteroatoms. The zero-order chi connectivity index (χ0) is 23.2. The summed E-state index contributed by atoms with van der Waals surface area (Å²) in [5.41, 5.74) is 4.34. The summed E-state index contributed by atoms with van der Waals surface area (Å²) in [6, 6.07) is 11.8. The third-order valence-corrected chi connectivity index (χ3v) is 7.28. The summed E-state index contributed by atoms with van der Waals surface area (Å²) in [6.45, 7) is 6.49. The number of hydrogen-bond donors (Lipinski definition) is 1. The molecule has 1 saturated heterocycles. The number of rotatable bonds is 4. The molecule has 1 fully saturated rings. The zero-order valence-electron chi connectivity index (χ0n) is 19.0. The average Bonchev–Trinajstić information content (AvgIpc) is 3.55. The molecule has 6 rings (SSSR count). The minimum absolute atomic E-state index is 0.0647. The molecule has 4 aromatic heterocycles. The second-order valence-electron chi connectivity index (χ2n) is 8.59. The number of anilines is 1. The Balaban J connectivity index is 1.21. The van der Waals surface area contributed by atoms with Crippen molar-refractivity contribution in [2.75, 3.05) is 24.5 Å². The van der Waals surface area contributed by atoms with E-state index in [2.05, 4.69) is 26.8 Å². The molecule has 0 aliphatic carbocycles. The van der Waals surface area contributed by atoms with Crippen LogP contribution >= 0.6 is 11.3 Å². The molecule has 1 amide bonds. The number of nitrogens with zero attached hydrogens (tertiary/aromatic N) is 7. The smallest absolute Gasteiger partial charge is 0.242 e. The van der Waals surface area contributed by atoms with Crippen LogP contribution in [0.15, 0.2) is 48.9 Å². The maximum absolute atomic E-state index is 13.2. The van der Waals surface area contributed by atoms with Crippen LogP contribution in [0.25, 0.3) is 33.7 Å². The monoisotopic (exact) mass is 472 g/mol. The maximum atomic E-state index is 13.2. The van der Waals surface area contributed by atoms with Crippen molar-refractivity contribution in [1.29, 1.82) is 0 Å². The number of carbonyl (C=O) groups excluding carboxylic acids is 1. The van der Waals surface area contributed by atoms with Crippen LogP contribution in [0.1, 0.15) is 11.9 Å². The summed E-state index contributed by atoms with van der Waals surface area (Å²) < 4.78 is 1.82.